The van der Waals surface area contributed by atoms with E-state index in [1.54, 1.807) is 6.08 Å². The van der Waals surface area contributed by atoms with E-state index in [0.717, 1.165) is 5.56 Å². The number of hydrogen-bond donors (Lipinski definition) is 2. The molecule has 0 saturated carbocycles. The number of hydrogen-bond acceptors (Lipinski definition) is 4. The Morgan fingerprint density at radius 2 is 2.06 bits per heavy atom. The lowest BCUT2D eigenvalue weighted by Crippen LogP contribution is -2.33. The molecule has 5 heteroatoms. The minimum Gasteiger partial charge on any atom is -0.387 e. The molecule has 1 aromatic carbocycles. The van der Waals surface area contributed by atoms with Crippen molar-refractivity contribution in [3.8, 4) is 0 Å². The van der Waals surface area contributed by atoms with Gasteiger partial charge in [0.2, 0.25) is 0 Å². The Hall–Kier alpha value is -1.17. The predicted molar refractivity (Wildman–Crippen MR) is 66.1 cm³/mol. The van der Waals surface area contributed by atoms with Crippen LogP contribution in [0.4, 0.5) is 0 Å². The highest BCUT2D eigenvalue weighted by atomic mass is 32.2. The highest BCUT2D eigenvalue weighted by Crippen LogP contribution is 2.13. The van der Waals surface area contributed by atoms with Crippen LogP contribution >= 0.6 is 0 Å². The van der Waals surface area contributed by atoms with Gasteiger partial charge in [-0.1, -0.05) is 36.4 Å². The summed E-state index contributed by atoms with van der Waals surface area (Å²) in [7, 11) is -3.03. The molecular weight excluding hydrogens is 238 g/mol. The number of aliphatic hydroxyl groups excluding tert-OH is 1. The number of sulfone groups is 1. The zero-order chi connectivity index (χ0) is 12.3. The van der Waals surface area contributed by atoms with E-state index in [9.17, 15) is 13.5 Å². The minimum absolute atomic E-state index is 0.0779. The molecule has 0 radical (unpaired) electrons. The Morgan fingerprint density at radius 1 is 1.35 bits per heavy atom. The Bertz CT molecular complexity index is 496. The first-order chi connectivity index (χ1) is 8.07. The topological polar surface area (TPSA) is 66.4 Å². The largest absolute Gasteiger partial charge is 0.387 e. The molecule has 1 aliphatic heterocycles. The van der Waals surface area contributed by atoms with Crippen LogP contribution in [0.15, 0.2) is 41.8 Å². The molecule has 1 heterocycles. The van der Waals surface area contributed by atoms with Gasteiger partial charge < -0.3 is 10.4 Å². The maximum atomic E-state index is 11.2. The average Bonchev–Trinajstić information content (AvgIpc) is 2.67. The molecule has 2 atom stereocenters. The molecule has 0 saturated heterocycles. The Morgan fingerprint density at radius 3 is 2.65 bits per heavy atom. The molecule has 17 heavy (non-hydrogen) atoms. The van der Waals surface area contributed by atoms with E-state index in [1.165, 1.54) is 5.41 Å². The third-order valence-corrected chi connectivity index (χ3v) is 4.08. The molecule has 0 aromatic heterocycles. The third kappa shape index (κ3) is 3.39. The van der Waals surface area contributed by atoms with Crippen molar-refractivity contribution in [2.24, 2.45) is 0 Å². The van der Waals surface area contributed by atoms with Crippen LogP contribution in [0.3, 0.4) is 0 Å². The normalized spacial score (nSPS) is 23.7. The van der Waals surface area contributed by atoms with Gasteiger partial charge in [0.15, 0.2) is 9.84 Å². The summed E-state index contributed by atoms with van der Waals surface area (Å²) in [6, 6.07) is 9.09. The highest BCUT2D eigenvalue weighted by Gasteiger charge is 2.21. The first-order valence-electron chi connectivity index (χ1n) is 5.44. The molecule has 1 aliphatic rings. The van der Waals surface area contributed by atoms with Crippen LogP contribution < -0.4 is 5.32 Å². The van der Waals surface area contributed by atoms with Gasteiger partial charge in [-0.15, -0.1) is 0 Å². The van der Waals surface area contributed by atoms with Crippen LogP contribution in [-0.2, 0) is 9.84 Å². The summed E-state index contributed by atoms with van der Waals surface area (Å²) in [6.45, 7) is 0.342. The van der Waals surface area contributed by atoms with Crippen LogP contribution in [0, 0.1) is 0 Å². The van der Waals surface area contributed by atoms with Crippen molar-refractivity contribution in [1.29, 1.82) is 0 Å². The highest BCUT2D eigenvalue weighted by molar-refractivity contribution is 7.94. The number of rotatable bonds is 4. The number of nitrogens with one attached hydrogen (secondary N) is 1. The van der Waals surface area contributed by atoms with Gasteiger partial charge in [0.1, 0.15) is 0 Å². The van der Waals surface area contributed by atoms with Crippen LogP contribution in [-0.4, -0.2) is 31.9 Å². The van der Waals surface area contributed by atoms with Crippen molar-refractivity contribution in [1.82, 2.24) is 5.32 Å². The molecule has 0 spiro atoms. The molecule has 0 amide bonds. The van der Waals surface area contributed by atoms with Gasteiger partial charge in [-0.2, -0.15) is 0 Å². The maximum Gasteiger partial charge on any atom is 0.173 e. The Kier molecular flexibility index (Phi) is 3.61. The standard InChI is InChI=1S/C12H15NO3S/c14-12(10-4-2-1-3-5-10)8-13-11-6-7-17(15,16)9-11/h1-7,11-14H,8-9H2. The molecule has 0 aliphatic carbocycles. The molecule has 2 unspecified atom stereocenters. The lowest BCUT2D eigenvalue weighted by molar-refractivity contribution is 0.173. The molecule has 0 bridgehead atoms. The van der Waals surface area contributed by atoms with Crippen molar-refractivity contribution >= 4 is 9.84 Å². The summed E-state index contributed by atoms with van der Waals surface area (Å²) >= 11 is 0. The molecule has 2 rings (SSSR count). The minimum atomic E-state index is -3.03. The van der Waals surface area contributed by atoms with E-state index in [4.69, 9.17) is 0 Å². The average molecular weight is 253 g/mol. The van der Waals surface area contributed by atoms with Gasteiger partial charge in [-0.3, -0.25) is 0 Å². The van der Waals surface area contributed by atoms with Gasteiger partial charge in [-0.05, 0) is 5.56 Å². The van der Waals surface area contributed by atoms with Crippen LogP contribution in [0.5, 0.6) is 0 Å². The van der Waals surface area contributed by atoms with Crippen LogP contribution in [0.1, 0.15) is 11.7 Å². The SMILES string of the molecule is O=S1(=O)C=CC(NCC(O)c2ccccc2)C1. The Balaban J connectivity index is 1.86. The third-order valence-electron chi connectivity index (χ3n) is 2.69. The smallest absolute Gasteiger partial charge is 0.173 e. The fourth-order valence-electron chi connectivity index (χ4n) is 1.76. The van der Waals surface area contributed by atoms with E-state index >= 15 is 0 Å². The predicted octanol–water partition coefficient (Wildman–Crippen LogP) is 0.620. The zero-order valence-electron chi connectivity index (χ0n) is 9.28. The second-order valence-electron chi connectivity index (χ2n) is 4.10. The molecule has 92 valence electrons. The van der Waals surface area contributed by atoms with Crippen molar-refractivity contribution in [3.05, 3.63) is 47.4 Å². The summed E-state index contributed by atoms with van der Waals surface area (Å²) in [4.78, 5) is 0. The van der Waals surface area contributed by atoms with E-state index < -0.39 is 15.9 Å². The summed E-state index contributed by atoms with van der Waals surface area (Å²) in [5, 5.41) is 14.1. The molecule has 0 fully saturated rings. The first-order valence-corrected chi connectivity index (χ1v) is 7.16. The zero-order valence-corrected chi connectivity index (χ0v) is 10.1. The fraction of sp³-hybridized carbons (Fsp3) is 0.333. The maximum absolute atomic E-state index is 11.2. The summed E-state index contributed by atoms with van der Waals surface area (Å²) in [5.74, 6) is 0.0779. The molecule has 4 nitrogen and oxygen atoms in total. The molecule has 1 aromatic rings. The van der Waals surface area contributed by atoms with E-state index in [2.05, 4.69) is 5.32 Å². The first kappa shape index (κ1) is 12.3. The second-order valence-corrected chi connectivity index (χ2v) is 6.03. The molecular formula is C12H15NO3S. The van der Waals surface area contributed by atoms with E-state index in [-0.39, 0.29) is 11.8 Å². The fourth-order valence-corrected chi connectivity index (χ4v) is 3.03. The van der Waals surface area contributed by atoms with Crippen molar-refractivity contribution in [2.45, 2.75) is 12.1 Å². The summed E-state index contributed by atoms with van der Waals surface area (Å²) in [6.07, 6.45) is 1.00. The number of benzene rings is 1. The second kappa shape index (κ2) is 5.00. The van der Waals surface area contributed by atoms with Gasteiger partial charge in [0.05, 0.1) is 11.9 Å². The summed E-state index contributed by atoms with van der Waals surface area (Å²) < 4.78 is 22.3. The Labute approximate surface area is 101 Å². The molecule has 2 N–H and O–H groups in total. The van der Waals surface area contributed by atoms with Crippen molar-refractivity contribution < 1.29 is 13.5 Å². The quantitative estimate of drug-likeness (QED) is 0.825. The monoisotopic (exact) mass is 253 g/mol. The summed E-state index contributed by atoms with van der Waals surface area (Å²) in [5.41, 5.74) is 0.824. The van der Waals surface area contributed by atoms with Gasteiger partial charge in [0, 0.05) is 18.0 Å². The number of aliphatic hydroxyl groups is 1. The lowest BCUT2D eigenvalue weighted by atomic mass is 10.1. The van der Waals surface area contributed by atoms with Gasteiger partial charge in [0.25, 0.3) is 0 Å². The van der Waals surface area contributed by atoms with Crippen molar-refractivity contribution in [2.75, 3.05) is 12.3 Å². The lowest BCUT2D eigenvalue weighted by Gasteiger charge is -2.15. The van der Waals surface area contributed by atoms with E-state index in [0.29, 0.717) is 6.54 Å². The van der Waals surface area contributed by atoms with Gasteiger partial charge >= 0.3 is 0 Å². The van der Waals surface area contributed by atoms with Crippen molar-refractivity contribution in [3.63, 3.8) is 0 Å². The van der Waals surface area contributed by atoms with Crippen LogP contribution in [0.2, 0.25) is 0 Å². The van der Waals surface area contributed by atoms with Gasteiger partial charge in [-0.25, -0.2) is 8.42 Å². The van der Waals surface area contributed by atoms with E-state index in [1.807, 2.05) is 30.3 Å². The van der Waals surface area contributed by atoms with Crippen LogP contribution in [0.25, 0.3) is 0 Å².